The maximum Gasteiger partial charge on any atom is 0.262 e. The summed E-state index contributed by atoms with van der Waals surface area (Å²) in [5.41, 5.74) is 1.24. The van der Waals surface area contributed by atoms with Crippen molar-refractivity contribution in [3.63, 3.8) is 0 Å². The van der Waals surface area contributed by atoms with Gasteiger partial charge in [-0.15, -0.1) is 11.3 Å². The molecular formula is C27H31N5O5S. The Hall–Kier alpha value is -3.60. The molecule has 2 saturated heterocycles. The number of rotatable bonds is 9. The van der Waals surface area contributed by atoms with Crippen molar-refractivity contribution in [1.29, 1.82) is 0 Å². The molecule has 1 unspecified atom stereocenters. The van der Waals surface area contributed by atoms with Crippen molar-refractivity contribution in [2.45, 2.75) is 63.3 Å². The molecule has 0 saturated carbocycles. The molecule has 5 rings (SSSR count). The highest BCUT2D eigenvalue weighted by Gasteiger charge is 2.44. The number of anilines is 1. The Balaban J connectivity index is 1.03. The number of imide groups is 2. The Morgan fingerprint density at radius 2 is 1.82 bits per heavy atom. The number of thiazole rings is 1. The number of aromatic nitrogens is 1. The minimum Gasteiger partial charge on any atom is -0.385 e. The number of fused-ring (bicyclic) bond motifs is 1. The van der Waals surface area contributed by atoms with E-state index in [1.165, 1.54) is 5.01 Å². The lowest BCUT2D eigenvalue weighted by Crippen LogP contribution is -2.54. The van der Waals surface area contributed by atoms with Crippen LogP contribution in [0.25, 0.3) is 0 Å². The maximum absolute atomic E-state index is 12.9. The van der Waals surface area contributed by atoms with Gasteiger partial charge in [0.1, 0.15) is 6.04 Å². The number of carbonyl (C=O) groups excluding carboxylic acids is 5. The number of likely N-dealkylation sites (tertiary alicyclic amines) is 1. The predicted octanol–water partition coefficient (Wildman–Crippen LogP) is 2.92. The largest absolute Gasteiger partial charge is 0.385 e. The highest BCUT2D eigenvalue weighted by Crippen LogP contribution is 2.31. The molecule has 1 aromatic carbocycles. The fourth-order valence-electron chi connectivity index (χ4n) is 5.36. The Labute approximate surface area is 224 Å². The third-order valence-corrected chi connectivity index (χ3v) is 8.42. The average Bonchev–Trinajstić information content (AvgIpc) is 3.54. The van der Waals surface area contributed by atoms with Crippen LogP contribution >= 0.6 is 11.3 Å². The number of piperidine rings is 2. The molecular weight excluding hydrogens is 506 g/mol. The lowest BCUT2D eigenvalue weighted by atomic mass is 9.97. The van der Waals surface area contributed by atoms with Crippen molar-refractivity contribution in [3.05, 3.63) is 45.9 Å². The summed E-state index contributed by atoms with van der Waals surface area (Å²) < 4.78 is 0. The van der Waals surface area contributed by atoms with Gasteiger partial charge >= 0.3 is 0 Å². The molecule has 3 aliphatic heterocycles. The second kappa shape index (κ2) is 11.4. The number of unbranched alkanes of at least 4 members (excludes halogenated alkanes) is 2. The molecule has 38 heavy (non-hydrogen) atoms. The van der Waals surface area contributed by atoms with Crippen LogP contribution in [0.4, 0.5) is 5.69 Å². The van der Waals surface area contributed by atoms with E-state index >= 15 is 0 Å². The molecule has 2 fully saturated rings. The van der Waals surface area contributed by atoms with Crippen molar-refractivity contribution < 1.29 is 24.0 Å². The zero-order valence-electron chi connectivity index (χ0n) is 21.1. The molecule has 0 bridgehead atoms. The molecule has 4 heterocycles. The summed E-state index contributed by atoms with van der Waals surface area (Å²) >= 11 is 1.69. The van der Waals surface area contributed by atoms with E-state index in [1.807, 2.05) is 16.5 Å². The first-order chi connectivity index (χ1) is 18.4. The van der Waals surface area contributed by atoms with Crippen LogP contribution in [0, 0.1) is 0 Å². The summed E-state index contributed by atoms with van der Waals surface area (Å²) in [5.74, 6) is -1.35. The number of nitrogens with zero attached hydrogens (tertiary/aromatic N) is 3. The fourth-order valence-corrected chi connectivity index (χ4v) is 6.17. The monoisotopic (exact) mass is 537 g/mol. The van der Waals surface area contributed by atoms with E-state index in [9.17, 15) is 24.0 Å². The average molecular weight is 538 g/mol. The molecule has 2 aromatic rings. The van der Waals surface area contributed by atoms with Crippen molar-refractivity contribution in [3.8, 4) is 0 Å². The van der Waals surface area contributed by atoms with E-state index in [0.29, 0.717) is 24.6 Å². The van der Waals surface area contributed by atoms with Gasteiger partial charge in [-0.25, -0.2) is 4.98 Å². The quantitative estimate of drug-likeness (QED) is 0.372. The minimum atomic E-state index is -0.969. The van der Waals surface area contributed by atoms with Gasteiger partial charge in [0.2, 0.25) is 17.7 Å². The molecule has 2 N–H and O–H groups in total. The number of carbonyl (C=O) groups is 5. The Bertz CT molecular complexity index is 1240. The third-order valence-electron chi connectivity index (χ3n) is 7.48. The number of hydrogen-bond donors (Lipinski definition) is 2. The number of nitrogens with one attached hydrogen (secondary N) is 2. The van der Waals surface area contributed by atoms with Gasteiger partial charge in [-0.05, 0) is 50.3 Å². The van der Waals surface area contributed by atoms with E-state index in [4.69, 9.17) is 0 Å². The van der Waals surface area contributed by atoms with Crippen LogP contribution in [-0.4, -0.2) is 70.0 Å². The van der Waals surface area contributed by atoms with Gasteiger partial charge in [-0.1, -0.05) is 6.42 Å². The van der Waals surface area contributed by atoms with Gasteiger partial charge in [0.15, 0.2) is 0 Å². The summed E-state index contributed by atoms with van der Waals surface area (Å²) in [7, 11) is 0. The van der Waals surface area contributed by atoms with Crippen LogP contribution in [0.5, 0.6) is 0 Å². The lowest BCUT2D eigenvalue weighted by molar-refractivity contribution is -0.136. The first-order valence-corrected chi connectivity index (χ1v) is 14.1. The molecule has 0 aliphatic carbocycles. The summed E-state index contributed by atoms with van der Waals surface area (Å²) in [6, 6.07) is 4.01. The Morgan fingerprint density at radius 3 is 2.55 bits per heavy atom. The summed E-state index contributed by atoms with van der Waals surface area (Å²) in [5, 5.41) is 8.66. The standard InChI is InChI=1S/C27H31N5O5S/c33-22-8-7-21(24(35)30-22)32-26(36)19-6-5-18(16-20(19)27(32)37)28-11-3-1-2-4-23(34)31-13-9-17(10-14-31)25-29-12-15-38-25/h5-6,12,15-17,21,28H,1-4,7-11,13-14H2,(H,30,33,35). The molecule has 1 aromatic heterocycles. The molecule has 5 amide bonds. The smallest absolute Gasteiger partial charge is 0.262 e. The van der Waals surface area contributed by atoms with Gasteiger partial charge in [0.25, 0.3) is 11.8 Å². The normalized spacial score (nSPS) is 20.1. The van der Waals surface area contributed by atoms with Gasteiger partial charge in [0.05, 0.1) is 16.1 Å². The SMILES string of the molecule is O=C1CCC(N2C(=O)c3ccc(NCCCCCC(=O)N4CCC(c5nccs5)CC4)cc3C2=O)C(=O)N1. The van der Waals surface area contributed by atoms with E-state index < -0.39 is 29.7 Å². The summed E-state index contributed by atoms with van der Waals surface area (Å²) in [6.45, 7) is 2.27. The third kappa shape index (κ3) is 5.47. The first-order valence-electron chi connectivity index (χ1n) is 13.2. The van der Waals surface area contributed by atoms with Crippen LogP contribution < -0.4 is 10.6 Å². The highest BCUT2D eigenvalue weighted by molar-refractivity contribution is 7.09. The van der Waals surface area contributed by atoms with Crippen LogP contribution in [0.1, 0.15) is 83.0 Å². The number of hydrogen-bond acceptors (Lipinski definition) is 8. The van der Waals surface area contributed by atoms with E-state index in [2.05, 4.69) is 15.6 Å². The zero-order valence-corrected chi connectivity index (χ0v) is 21.9. The van der Waals surface area contributed by atoms with Gasteiger partial charge in [0, 0.05) is 55.7 Å². The van der Waals surface area contributed by atoms with Crippen LogP contribution in [0.2, 0.25) is 0 Å². The lowest BCUT2D eigenvalue weighted by Gasteiger charge is -2.31. The second-order valence-corrected chi connectivity index (χ2v) is 10.9. The Kier molecular flexibility index (Phi) is 7.82. The highest BCUT2D eigenvalue weighted by atomic mass is 32.1. The fraction of sp³-hybridized carbons (Fsp3) is 0.481. The van der Waals surface area contributed by atoms with Crippen molar-refractivity contribution in [2.75, 3.05) is 25.0 Å². The first kappa shape index (κ1) is 26.0. The summed E-state index contributed by atoms with van der Waals surface area (Å²) in [4.78, 5) is 69.3. The van der Waals surface area contributed by atoms with E-state index in [0.717, 1.165) is 50.1 Å². The van der Waals surface area contributed by atoms with E-state index in [-0.39, 0.29) is 29.9 Å². The van der Waals surface area contributed by atoms with Crippen molar-refractivity contribution in [2.24, 2.45) is 0 Å². The molecule has 0 radical (unpaired) electrons. The number of amides is 5. The predicted molar refractivity (Wildman–Crippen MR) is 141 cm³/mol. The maximum atomic E-state index is 12.9. The van der Waals surface area contributed by atoms with E-state index in [1.54, 1.807) is 29.5 Å². The van der Waals surface area contributed by atoms with Gasteiger partial charge in [-0.2, -0.15) is 0 Å². The molecule has 200 valence electrons. The second-order valence-electron chi connectivity index (χ2n) is 9.97. The van der Waals surface area contributed by atoms with Gasteiger partial charge < -0.3 is 10.2 Å². The van der Waals surface area contributed by atoms with Crippen LogP contribution in [0.3, 0.4) is 0 Å². The van der Waals surface area contributed by atoms with Crippen molar-refractivity contribution in [1.82, 2.24) is 20.1 Å². The molecule has 0 spiro atoms. The zero-order chi connectivity index (χ0) is 26.6. The van der Waals surface area contributed by atoms with Crippen LogP contribution in [0.15, 0.2) is 29.8 Å². The molecule has 10 nitrogen and oxygen atoms in total. The Morgan fingerprint density at radius 1 is 1.03 bits per heavy atom. The van der Waals surface area contributed by atoms with Gasteiger partial charge in [-0.3, -0.25) is 34.2 Å². The van der Waals surface area contributed by atoms with Crippen molar-refractivity contribution >= 4 is 46.6 Å². The van der Waals surface area contributed by atoms with Crippen LogP contribution in [-0.2, 0) is 14.4 Å². The molecule has 1 atom stereocenters. The molecule has 3 aliphatic rings. The summed E-state index contributed by atoms with van der Waals surface area (Å²) in [6.07, 6.45) is 7.16. The minimum absolute atomic E-state index is 0.0913. The molecule has 11 heteroatoms. The topological polar surface area (TPSA) is 129 Å². The number of benzene rings is 1.